The maximum absolute atomic E-state index is 9.07. The summed E-state index contributed by atoms with van der Waals surface area (Å²) in [5.41, 5.74) is 0.613. The first kappa shape index (κ1) is 12.8. The van der Waals surface area contributed by atoms with Crippen molar-refractivity contribution in [1.29, 1.82) is 5.26 Å². The minimum atomic E-state index is 0.613. The zero-order chi connectivity index (χ0) is 13.0. The molecule has 0 amide bonds. The minimum Gasteiger partial charge on any atom is -0.351 e. The zero-order valence-corrected chi connectivity index (χ0v) is 11.0. The Labute approximate surface area is 108 Å². The van der Waals surface area contributed by atoms with Crippen LogP contribution in [0.15, 0.2) is 12.3 Å². The first-order valence-electron chi connectivity index (χ1n) is 6.47. The van der Waals surface area contributed by atoms with Crippen molar-refractivity contribution in [3.05, 3.63) is 17.8 Å². The molecule has 1 atom stereocenters. The van der Waals surface area contributed by atoms with Crippen molar-refractivity contribution < 1.29 is 0 Å². The van der Waals surface area contributed by atoms with Crippen LogP contribution in [-0.4, -0.2) is 47.3 Å². The first-order valence-corrected chi connectivity index (χ1v) is 6.47. The predicted octanol–water partition coefficient (Wildman–Crippen LogP) is 1.27. The number of nitrogens with zero attached hydrogens (tertiary/aromatic N) is 5. The molecule has 1 fully saturated rings. The minimum absolute atomic E-state index is 0.613. The van der Waals surface area contributed by atoms with Crippen LogP contribution in [0.5, 0.6) is 0 Å². The number of anilines is 1. The van der Waals surface area contributed by atoms with E-state index in [-0.39, 0.29) is 0 Å². The van der Waals surface area contributed by atoms with E-state index < -0.39 is 0 Å². The van der Waals surface area contributed by atoms with Gasteiger partial charge in [0.2, 0.25) is 0 Å². The summed E-state index contributed by atoms with van der Waals surface area (Å²) < 4.78 is 0. The number of piperazine rings is 1. The van der Waals surface area contributed by atoms with Gasteiger partial charge in [-0.15, -0.1) is 5.10 Å². The highest BCUT2D eigenvalue weighted by atomic mass is 15.3. The molecule has 1 saturated heterocycles. The van der Waals surface area contributed by atoms with Crippen molar-refractivity contribution in [3.8, 4) is 6.07 Å². The Hall–Kier alpha value is -1.67. The molecule has 0 bridgehead atoms. The van der Waals surface area contributed by atoms with Gasteiger partial charge in [0.05, 0.1) is 11.8 Å². The molecule has 0 N–H and O–H groups in total. The van der Waals surface area contributed by atoms with Gasteiger partial charge in [0.1, 0.15) is 6.07 Å². The smallest absolute Gasteiger partial charge is 0.169 e. The lowest BCUT2D eigenvalue weighted by molar-refractivity contribution is 0.192. The van der Waals surface area contributed by atoms with E-state index in [9.17, 15) is 0 Å². The van der Waals surface area contributed by atoms with Crippen LogP contribution in [0, 0.1) is 11.3 Å². The SMILES string of the molecule is CCC(C)N1CCN(c2nnccc2C#N)CC1. The fraction of sp³-hybridized carbons (Fsp3) is 0.615. The van der Waals surface area contributed by atoms with E-state index in [1.165, 1.54) is 6.42 Å². The van der Waals surface area contributed by atoms with Gasteiger partial charge in [-0.05, 0) is 19.4 Å². The van der Waals surface area contributed by atoms with Crippen LogP contribution in [-0.2, 0) is 0 Å². The summed E-state index contributed by atoms with van der Waals surface area (Å²) in [6.45, 7) is 8.36. The van der Waals surface area contributed by atoms with Gasteiger partial charge in [-0.3, -0.25) is 4.90 Å². The fourth-order valence-corrected chi connectivity index (χ4v) is 2.28. The van der Waals surface area contributed by atoms with Crippen molar-refractivity contribution in [3.63, 3.8) is 0 Å². The second kappa shape index (κ2) is 5.78. The van der Waals surface area contributed by atoms with Crippen LogP contribution >= 0.6 is 0 Å². The summed E-state index contributed by atoms with van der Waals surface area (Å²) in [5.74, 6) is 0.726. The summed E-state index contributed by atoms with van der Waals surface area (Å²) >= 11 is 0. The van der Waals surface area contributed by atoms with Gasteiger partial charge < -0.3 is 4.90 Å². The molecule has 0 aromatic carbocycles. The number of aromatic nitrogens is 2. The van der Waals surface area contributed by atoms with Crippen LogP contribution in [0.4, 0.5) is 5.82 Å². The number of rotatable bonds is 3. The third kappa shape index (κ3) is 2.59. The van der Waals surface area contributed by atoms with Crippen molar-refractivity contribution >= 4 is 5.82 Å². The van der Waals surface area contributed by atoms with Crippen molar-refractivity contribution in [2.45, 2.75) is 26.3 Å². The lowest BCUT2D eigenvalue weighted by Crippen LogP contribution is -2.50. The fourth-order valence-electron chi connectivity index (χ4n) is 2.28. The maximum atomic E-state index is 9.07. The van der Waals surface area contributed by atoms with E-state index >= 15 is 0 Å². The van der Waals surface area contributed by atoms with E-state index in [4.69, 9.17) is 5.26 Å². The van der Waals surface area contributed by atoms with E-state index in [0.29, 0.717) is 11.6 Å². The largest absolute Gasteiger partial charge is 0.351 e. The van der Waals surface area contributed by atoms with Crippen molar-refractivity contribution in [2.24, 2.45) is 0 Å². The molecule has 1 aliphatic rings. The average Bonchev–Trinajstić information content (AvgIpc) is 2.46. The molecule has 2 heterocycles. The highest BCUT2D eigenvalue weighted by molar-refractivity contribution is 5.52. The lowest BCUT2D eigenvalue weighted by atomic mass is 10.2. The molecule has 0 spiro atoms. The molecule has 0 radical (unpaired) electrons. The number of hydrogen-bond acceptors (Lipinski definition) is 5. The molecule has 0 aliphatic carbocycles. The van der Waals surface area contributed by atoms with Crippen molar-refractivity contribution in [1.82, 2.24) is 15.1 Å². The van der Waals surface area contributed by atoms with Crippen LogP contribution in [0.3, 0.4) is 0 Å². The van der Waals surface area contributed by atoms with Crippen LogP contribution in [0.2, 0.25) is 0 Å². The first-order chi connectivity index (χ1) is 8.76. The van der Waals surface area contributed by atoms with E-state index in [2.05, 4.69) is 39.9 Å². The Morgan fingerprint density at radius 1 is 1.39 bits per heavy atom. The third-order valence-corrected chi connectivity index (χ3v) is 3.65. The van der Waals surface area contributed by atoms with Crippen LogP contribution in [0.25, 0.3) is 0 Å². The summed E-state index contributed by atoms with van der Waals surface area (Å²) in [6.07, 6.45) is 2.74. The molecule has 1 aromatic rings. The van der Waals surface area contributed by atoms with E-state index in [1.54, 1.807) is 12.3 Å². The normalized spacial score (nSPS) is 18.4. The van der Waals surface area contributed by atoms with Gasteiger partial charge in [-0.1, -0.05) is 6.92 Å². The van der Waals surface area contributed by atoms with Gasteiger partial charge in [0.15, 0.2) is 5.82 Å². The second-order valence-corrected chi connectivity index (χ2v) is 4.66. The summed E-state index contributed by atoms with van der Waals surface area (Å²) in [5, 5.41) is 17.1. The number of hydrogen-bond donors (Lipinski definition) is 0. The number of nitriles is 1. The average molecular weight is 245 g/mol. The Morgan fingerprint density at radius 2 is 2.11 bits per heavy atom. The molecule has 96 valence electrons. The van der Waals surface area contributed by atoms with Crippen LogP contribution in [0.1, 0.15) is 25.8 Å². The molecule has 1 aliphatic heterocycles. The van der Waals surface area contributed by atoms with Gasteiger partial charge in [-0.25, -0.2) is 0 Å². The third-order valence-electron chi connectivity index (χ3n) is 3.65. The molecular formula is C13H19N5. The lowest BCUT2D eigenvalue weighted by Gasteiger charge is -2.38. The summed E-state index contributed by atoms with van der Waals surface area (Å²) in [6, 6.07) is 4.53. The highest BCUT2D eigenvalue weighted by Gasteiger charge is 2.22. The summed E-state index contributed by atoms with van der Waals surface area (Å²) in [7, 11) is 0. The Kier molecular flexibility index (Phi) is 4.11. The monoisotopic (exact) mass is 245 g/mol. The molecule has 5 nitrogen and oxygen atoms in total. The molecule has 0 saturated carbocycles. The van der Waals surface area contributed by atoms with Gasteiger partial charge in [0.25, 0.3) is 0 Å². The Morgan fingerprint density at radius 3 is 2.72 bits per heavy atom. The maximum Gasteiger partial charge on any atom is 0.169 e. The van der Waals surface area contributed by atoms with E-state index in [1.807, 2.05) is 0 Å². The Balaban J connectivity index is 2.04. The molecule has 1 unspecified atom stereocenters. The quantitative estimate of drug-likeness (QED) is 0.802. The second-order valence-electron chi connectivity index (χ2n) is 4.66. The zero-order valence-electron chi connectivity index (χ0n) is 11.0. The van der Waals surface area contributed by atoms with Crippen molar-refractivity contribution in [2.75, 3.05) is 31.1 Å². The standard InChI is InChI=1S/C13H19N5/c1-3-11(2)17-6-8-18(9-7-17)13-12(10-14)4-5-15-16-13/h4-5,11H,3,6-9H2,1-2H3. The Bertz CT molecular complexity index is 431. The molecular weight excluding hydrogens is 226 g/mol. The molecule has 5 heteroatoms. The highest BCUT2D eigenvalue weighted by Crippen LogP contribution is 2.18. The predicted molar refractivity (Wildman–Crippen MR) is 70.3 cm³/mol. The van der Waals surface area contributed by atoms with Crippen LogP contribution < -0.4 is 4.90 Å². The van der Waals surface area contributed by atoms with Gasteiger partial charge in [-0.2, -0.15) is 10.4 Å². The molecule has 1 aromatic heterocycles. The van der Waals surface area contributed by atoms with E-state index in [0.717, 1.165) is 32.0 Å². The topological polar surface area (TPSA) is 56.1 Å². The van der Waals surface area contributed by atoms with Gasteiger partial charge in [0, 0.05) is 32.2 Å². The summed E-state index contributed by atoms with van der Waals surface area (Å²) in [4.78, 5) is 4.64. The van der Waals surface area contributed by atoms with Gasteiger partial charge >= 0.3 is 0 Å². The molecule has 18 heavy (non-hydrogen) atoms. The molecule has 2 rings (SSSR count).